The number of Topliss-reactive ketones (excluding diaryl/α,β-unsaturated/α-hetero) is 1. The fourth-order valence-corrected chi connectivity index (χ4v) is 7.73. The van der Waals surface area contributed by atoms with Crippen LogP contribution >= 0.6 is 22.6 Å². The molecule has 0 saturated carbocycles. The molecule has 12 nitrogen and oxygen atoms in total. The van der Waals surface area contributed by atoms with Crippen LogP contribution in [0.15, 0.2) is 22.6 Å². The summed E-state index contributed by atoms with van der Waals surface area (Å²) in [7, 11) is 0. The number of hydrogen-bond acceptors (Lipinski definition) is 11. The van der Waals surface area contributed by atoms with Crippen molar-refractivity contribution in [1.29, 1.82) is 0 Å². The zero-order valence-corrected chi connectivity index (χ0v) is 34.2. The number of ketones is 1. The number of fused-ring (bicyclic) bond motifs is 5. The van der Waals surface area contributed by atoms with Gasteiger partial charge in [-0.1, -0.05) is 77.6 Å². The predicted octanol–water partition coefficient (Wildman–Crippen LogP) is 4.92. The van der Waals surface area contributed by atoms with Gasteiger partial charge in [0.25, 0.3) is 5.79 Å². The third kappa shape index (κ3) is 6.73. The minimum Gasteiger partial charge on any atom is -0.507 e. The molecule has 1 fully saturated rings. The number of aliphatic hydroxyl groups excluding tert-OH is 2. The number of phenolic OH excluding ortho intramolecular Hbond substituents is 2. The van der Waals surface area contributed by atoms with Crippen molar-refractivity contribution in [1.82, 2.24) is 4.90 Å². The van der Waals surface area contributed by atoms with Crippen LogP contribution in [-0.4, -0.2) is 90.3 Å². The Kier molecular flexibility index (Phi) is 11.2. The number of phenols is 2. The number of carbonyl (C=O) groups is 2. The Morgan fingerprint density at radius 1 is 1.04 bits per heavy atom. The van der Waals surface area contributed by atoms with E-state index in [1.165, 1.54) is 6.08 Å². The first kappa shape index (κ1) is 40.3. The molecule has 2 unspecified atom stereocenters. The minimum atomic E-state index is -2.04. The summed E-state index contributed by atoms with van der Waals surface area (Å²) in [5.41, 5.74) is -1.49. The number of amides is 1. The second kappa shape index (κ2) is 14.4. The van der Waals surface area contributed by atoms with E-state index in [0.29, 0.717) is 16.8 Å². The van der Waals surface area contributed by atoms with Crippen molar-refractivity contribution in [3.05, 3.63) is 34.5 Å². The molecule has 286 valence electrons. The van der Waals surface area contributed by atoms with Crippen LogP contribution in [0.2, 0.25) is 0 Å². The molecule has 2 aromatic rings. The summed E-state index contributed by atoms with van der Waals surface area (Å²) in [4.78, 5) is 41.2. The molecule has 3 aliphatic rings. The molecule has 7 atom stereocenters. The highest BCUT2D eigenvalue weighted by Gasteiger charge is 2.52. The van der Waals surface area contributed by atoms with E-state index >= 15 is 0 Å². The number of halogens is 1. The van der Waals surface area contributed by atoms with Gasteiger partial charge in [0, 0.05) is 64.6 Å². The van der Waals surface area contributed by atoms with E-state index in [9.17, 15) is 30.0 Å². The van der Waals surface area contributed by atoms with Crippen molar-refractivity contribution in [2.45, 2.75) is 116 Å². The summed E-state index contributed by atoms with van der Waals surface area (Å²) in [5, 5.41) is 48.5. The minimum absolute atomic E-state index is 0.0288. The highest BCUT2D eigenvalue weighted by molar-refractivity contribution is 14.1. The number of nitrogens with one attached hydrogen (secondary N) is 1. The van der Waals surface area contributed by atoms with Crippen LogP contribution < -0.4 is 20.8 Å². The number of aromatic hydroxyl groups is 2. The average molecular weight is 835 g/mol. The van der Waals surface area contributed by atoms with E-state index in [1.807, 2.05) is 27.7 Å². The van der Waals surface area contributed by atoms with Gasteiger partial charge in [0.2, 0.25) is 11.7 Å². The third-order valence-corrected chi connectivity index (χ3v) is 12.3. The number of carbonyl (C=O) groups excluding carboxylic acids is 2. The number of benzene rings is 2. The van der Waals surface area contributed by atoms with E-state index in [1.54, 1.807) is 34.6 Å². The van der Waals surface area contributed by atoms with Gasteiger partial charge in [-0.15, -0.1) is 0 Å². The summed E-state index contributed by atoms with van der Waals surface area (Å²) in [6.45, 7) is 24.3. The molecule has 3 heterocycles. The van der Waals surface area contributed by atoms with Gasteiger partial charge >= 0.3 is 0 Å². The quantitative estimate of drug-likeness (QED) is 0.0861. The van der Waals surface area contributed by atoms with Crippen molar-refractivity contribution < 1.29 is 39.5 Å². The number of hydrogen-bond donors (Lipinski definition) is 5. The molecule has 0 aliphatic carbocycles. The molecule has 1 saturated heterocycles. The largest absolute Gasteiger partial charge is 0.507 e. The third-order valence-electron chi connectivity index (χ3n) is 11.9. The number of likely N-dealkylation sites (tertiary alicyclic amines) is 1. The number of alkyl halides is 1. The van der Waals surface area contributed by atoms with Gasteiger partial charge in [0.05, 0.1) is 34.6 Å². The summed E-state index contributed by atoms with van der Waals surface area (Å²) in [5.74, 6) is -4.77. The molecular formula is C39H55IN4O8. The van der Waals surface area contributed by atoms with Gasteiger partial charge in [-0.3, -0.25) is 19.6 Å². The summed E-state index contributed by atoms with van der Waals surface area (Å²) >= 11 is 2.41. The van der Waals surface area contributed by atoms with Gasteiger partial charge in [-0.25, -0.2) is 0 Å². The number of ether oxygens (including phenoxy) is 2. The van der Waals surface area contributed by atoms with E-state index in [0.717, 1.165) is 19.6 Å². The molecule has 1 spiro atoms. The molecule has 0 aromatic heterocycles. The van der Waals surface area contributed by atoms with Crippen molar-refractivity contribution in [3.8, 4) is 17.2 Å². The van der Waals surface area contributed by atoms with Crippen LogP contribution in [-0.2, 0) is 9.53 Å². The number of aliphatic hydroxyl groups is 2. The summed E-state index contributed by atoms with van der Waals surface area (Å²) in [6.07, 6.45) is -0.0862. The molecule has 5 N–H and O–H groups in total. The summed E-state index contributed by atoms with van der Waals surface area (Å²) in [6, 6.07) is 0. The van der Waals surface area contributed by atoms with E-state index in [-0.39, 0.29) is 61.6 Å². The number of rotatable bonds is 12. The zero-order valence-electron chi connectivity index (χ0n) is 32.0. The fourth-order valence-electron chi connectivity index (χ4n) is 7.17. The Morgan fingerprint density at radius 2 is 1.63 bits per heavy atom. The molecule has 1 amide bonds. The molecule has 5 rings (SSSR count). The Morgan fingerprint density at radius 3 is 2.17 bits per heavy atom. The lowest BCUT2D eigenvalue weighted by molar-refractivity contribution is -0.163. The SMILES string of the molecule is C=C[C@]1(OC(C)[C@H](C)[C@H](O)[C@H](C)[C@H](C)O)Oc2c(C)c(O)c3c(O)c(NC(=O)C(C)(C)C(C)C)c4c(c3c2C1=O)=NC1(CCN(CC(C)I)CC1)N=4. The maximum Gasteiger partial charge on any atom is 0.295 e. The van der Waals surface area contributed by atoms with Crippen LogP contribution in [0.3, 0.4) is 0 Å². The van der Waals surface area contributed by atoms with Gasteiger partial charge in [0.15, 0.2) is 11.4 Å². The lowest BCUT2D eigenvalue weighted by Gasteiger charge is -2.36. The number of nitrogens with zero attached hydrogens (tertiary/aromatic N) is 3. The van der Waals surface area contributed by atoms with E-state index in [2.05, 4.69) is 46.3 Å². The summed E-state index contributed by atoms with van der Waals surface area (Å²) < 4.78 is 13.1. The van der Waals surface area contributed by atoms with Gasteiger partial charge < -0.3 is 40.1 Å². The number of anilines is 1. The van der Waals surface area contributed by atoms with Gasteiger partial charge in [-0.2, -0.15) is 0 Å². The molecular weight excluding hydrogens is 779 g/mol. The number of piperidine rings is 1. The Balaban J connectivity index is 1.72. The van der Waals surface area contributed by atoms with Crippen LogP contribution in [0, 0.1) is 30.1 Å². The van der Waals surface area contributed by atoms with Crippen LogP contribution in [0.5, 0.6) is 17.2 Å². The highest BCUT2D eigenvalue weighted by atomic mass is 127. The highest BCUT2D eigenvalue weighted by Crippen LogP contribution is 2.50. The second-order valence-corrected chi connectivity index (χ2v) is 18.2. The lowest BCUT2D eigenvalue weighted by Crippen LogP contribution is -2.47. The predicted molar refractivity (Wildman–Crippen MR) is 208 cm³/mol. The van der Waals surface area contributed by atoms with Gasteiger partial charge in [-0.05, 0) is 32.8 Å². The van der Waals surface area contributed by atoms with Crippen molar-refractivity contribution in [2.75, 3.05) is 25.0 Å². The van der Waals surface area contributed by atoms with Crippen LogP contribution in [0.4, 0.5) is 5.69 Å². The molecule has 52 heavy (non-hydrogen) atoms. The molecule has 13 heteroatoms. The van der Waals surface area contributed by atoms with E-state index < -0.39 is 58.5 Å². The van der Waals surface area contributed by atoms with Crippen molar-refractivity contribution in [2.24, 2.45) is 33.2 Å². The average Bonchev–Trinajstić information content (AvgIpc) is 3.59. The Hall–Kier alpha value is -2.85. The first-order valence-corrected chi connectivity index (χ1v) is 19.5. The molecule has 0 radical (unpaired) electrons. The van der Waals surface area contributed by atoms with Crippen molar-refractivity contribution in [3.63, 3.8) is 0 Å². The lowest BCUT2D eigenvalue weighted by atomic mass is 9.80. The first-order valence-electron chi connectivity index (χ1n) is 18.3. The Labute approximate surface area is 319 Å². The zero-order chi connectivity index (χ0) is 38.8. The van der Waals surface area contributed by atoms with Crippen LogP contribution in [0.25, 0.3) is 10.8 Å². The van der Waals surface area contributed by atoms with Crippen LogP contribution in [0.1, 0.15) is 91.1 Å². The smallest absolute Gasteiger partial charge is 0.295 e. The molecule has 0 bridgehead atoms. The first-order chi connectivity index (χ1) is 24.1. The molecule has 3 aliphatic heterocycles. The normalized spacial score (nSPS) is 23.2. The monoisotopic (exact) mass is 834 g/mol. The fraction of sp³-hybridized carbons (Fsp3) is 0.641. The van der Waals surface area contributed by atoms with E-state index in [4.69, 9.17) is 19.5 Å². The standard InChI is InChI=1S/C39H55IN4O8/c1-12-39(51-24(9)21(6)31(46)20(5)23(8)45)35(49)27-25-26(32(47)22(7)34(27)52-39)33(48)30(41-36(50)37(10,11)18(2)3)29-28(25)42-38(43-29)13-15-44(16-14-38)17-19(4)40/h12,18-21,23-24,31,45-48H,1,13-17H2,2-11H3,(H,41,50)/t19?,20-,21+,23+,24?,31-,39+/m1/s1. The topological polar surface area (TPSA) is 174 Å². The van der Waals surface area contributed by atoms with Crippen molar-refractivity contribution >= 4 is 50.7 Å². The Bertz CT molecular complexity index is 1900. The molecule has 2 aromatic carbocycles. The van der Waals surface area contributed by atoms with Gasteiger partial charge in [0.1, 0.15) is 22.5 Å². The maximum absolute atomic E-state index is 14.8. The second-order valence-electron chi connectivity index (χ2n) is 16.0. The maximum atomic E-state index is 14.8.